The van der Waals surface area contributed by atoms with Crippen molar-refractivity contribution < 1.29 is 13.2 Å². The third-order valence-corrected chi connectivity index (χ3v) is 12.9. The molecule has 0 radical (unpaired) electrons. The van der Waals surface area contributed by atoms with Crippen molar-refractivity contribution >= 4 is 43.6 Å². The van der Waals surface area contributed by atoms with Crippen molar-refractivity contribution in [3.8, 4) is 73.3 Å². The van der Waals surface area contributed by atoms with Gasteiger partial charge < -0.3 is 9.13 Å². The van der Waals surface area contributed by atoms with Crippen LogP contribution in [0.25, 0.3) is 111 Å². The number of rotatable bonds is 7. The highest BCUT2D eigenvalue weighted by atomic mass is 19.4. The van der Waals surface area contributed by atoms with Crippen molar-refractivity contribution in [2.45, 2.75) is 6.18 Å². The van der Waals surface area contributed by atoms with E-state index >= 15 is 13.2 Å². The van der Waals surface area contributed by atoms with Crippen molar-refractivity contribution in [1.82, 2.24) is 19.1 Å². The SMILES string of the molecule is N#Cc1cc(-n2c3ccccc3c3ccc(-c4cccnc4-c4ccccc4)cc32)c(-c2ccccc2C(F)(F)F)c(-n2c3ccccc3c3ccc(-c4cccnc4-c4ccccc4)cc32)c1. The van der Waals surface area contributed by atoms with Crippen LogP contribution in [0.1, 0.15) is 11.1 Å². The summed E-state index contributed by atoms with van der Waals surface area (Å²) in [6.45, 7) is 0. The lowest BCUT2D eigenvalue weighted by Gasteiger charge is -2.23. The maximum absolute atomic E-state index is 15.6. The van der Waals surface area contributed by atoms with E-state index in [2.05, 4.69) is 42.5 Å². The zero-order chi connectivity index (χ0) is 45.9. The Balaban J connectivity index is 1.21. The summed E-state index contributed by atoms with van der Waals surface area (Å²) in [7, 11) is 0. The second-order valence-electron chi connectivity index (χ2n) is 16.7. The predicted molar refractivity (Wildman–Crippen MR) is 268 cm³/mol. The van der Waals surface area contributed by atoms with Gasteiger partial charge in [0, 0.05) is 61.8 Å². The molecule has 0 amide bonds. The topological polar surface area (TPSA) is 59.4 Å². The Morgan fingerprint density at radius 3 is 1.31 bits per heavy atom. The van der Waals surface area contributed by atoms with Gasteiger partial charge in [-0.15, -0.1) is 0 Å². The number of hydrogen-bond acceptors (Lipinski definition) is 3. The molecule has 0 aliphatic rings. The molecule has 0 bridgehead atoms. The zero-order valence-electron chi connectivity index (χ0n) is 36.2. The van der Waals surface area contributed by atoms with Gasteiger partial charge in [0.25, 0.3) is 0 Å². The highest BCUT2D eigenvalue weighted by Crippen LogP contribution is 2.47. The Kier molecular flexibility index (Phi) is 9.59. The third kappa shape index (κ3) is 6.63. The van der Waals surface area contributed by atoms with Crippen LogP contribution in [-0.4, -0.2) is 19.1 Å². The minimum Gasteiger partial charge on any atom is -0.308 e. The number of benzene rings is 8. The number of pyridine rings is 2. The van der Waals surface area contributed by atoms with Crippen molar-refractivity contribution in [3.63, 3.8) is 0 Å². The fourth-order valence-corrected chi connectivity index (χ4v) is 9.98. The van der Waals surface area contributed by atoms with Crippen LogP contribution in [0.3, 0.4) is 0 Å². The van der Waals surface area contributed by atoms with E-state index in [-0.39, 0.29) is 11.1 Å². The summed E-state index contributed by atoms with van der Waals surface area (Å²) < 4.78 is 50.9. The molecule has 4 heterocycles. The normalized spacial score (nSPS) is 11.7. The first-order valence-corrected chi connectivity index (χ1v) is 22.2. The van der Waals surface area contributed by atoms with Crippen molar-refractivity contribution in [3.05, 3.63) is 230 Å². The molecule has 0 N–H and O–H groups in total. The van der Waals surface area contributed by atoms with E-state index < -0.39 is 11.7 Å². The highest BCUT2D eigenvalue weighted by Gasteiger charge is 2.36. The van der Waals surface area contributed by atoms with E-state index in [1.165, 1.54) is 6.07 Å². The Hall–Kier alpha value is -9.06. The van der Waals surface area contributed by atoms with Gasteiger partial charge in [0.05, 0.1) is 62.0 Å². The lowest BCUT2D eigenvalue weighted by Crippen LogP contribution is -2.11. The molecule has 0 aliphatic carbocycles. The average Bonchev–Trinajstić information content (AvgIpc) is 3.90. The molecule has 0 saturated carbocycles. The third-order valence-electron chi connectivity index (χ3n) is 12.9. The lowest BCUT2D eigenvalue weighted by atomic mass is 9.93. The van der Waals surface area contributed by atoms with E-state index in [0.29, 0.717) is 16.9 Å². The number of nitrogens with zero attached hydrogens (tertiary/aromatic N) is 5. The summed E-state index contributed by atoms with van der Waals surface area (Å²) in [5.74, 6) is 0. The van der Waals surface area contributed by atoms with E-state index in [9.17, 15) is 5.26 Å². The Bertz CT molecular complexity index is 3750. The molecule has 12 rings (SSSR count). The Labute approximate surface area is 388 Å². The number of fused-ring (bicyclic) bond motifs is 6. The second kappa shape index (κ2) is 16.1. The molecule has 0 spiro atoms. The molecule has 8 aromatic carbocycles. The molecule has 8 heteroatoms. The maximum Gasteiger partial charge on any atom is 0.417 e. The van der Waals surface area contributed by atoms with Crippen LogP contribution >= 0.6 is 0 Å². The number of aromatic nitrogens is 4. The van der Waals surface area contributed by atoms with Crippen LogP contribution in [0.5, 0.6) is 0 Å². The fraction of sp³-hybridized carbons (Fsp3) is 0.0167. The van der Waals surface area contributed by atoms with Crippen LogP contribution in [0, 0.1) is 11.3 Å². The number of para-hydroxylation sites is 2. The number of nitriles is 1. The van der Waals surface area contributed by atoms with Crippen LogP contribution in [0.2, 0.25) is 0 Å². The predicted octanol–water partition coefficient (Wildman–Crippen LogP) is 15.9. The summed E-state index contributed by atoms with van der Waals surface area (Å²) >= 11 is 0. The molecular formula is C60H36F3N5. The van der Waals surface area contributed by atoms with Gasteiger partial charge in [0.15, 0.2) is 0 Å². The molecule has 4 aromatic heterocycles. The van der Waals surface area contributed by atoms with Gasteiger partial charge in [0.1, 0.15) is 0 Å². The van der Waals surface area contributed by atoms with Crippen LogP contribution < -0.4 is 0 Å². The summed E-state index contributed by atoms with van der Waals surface area (Å²) in [5, 5.41) is 14.6. The molecule has 0 atom stereocenters. The molecule has 0 aliphatic heterocycles. The molecule has 12 aromatic rings. The smallest absolute Gasteiger partial charge is 0.308 e. The lowest BCUT2D eigenvalue weighted by molar-refractivity contribution is -0.137. The first-order valence-electron chi connectivity index (χ1n) is 22.2. The monoisotopic (exact) mass is 883 g/mol. The van der Waals surface area contributed by atoms with Gasteiger partial charge >= 0.3 is 6.18 Å². The molecule has 5 nitrogen and oxygen atoms in total. The van der Waals surface area contributed by atoms with Crippen LogP contribution in [0.15, 0.2) is 219 Å². The van der Waals surface area contributed by atoms with Crippen molar-refractivity contribution in [1.29, 1.82) is 5.26 Å². The van der Waals surface area contributed by atoms with E-state index in [1.807, 2.05) is 143 Å². The molecular weight excluding hydrogens is 848 g/mol. The minimum atomic E-state index is -4.72. The van der Waals surface area contributed by atoms with Crippen molar-refractivity contribution in [2.75, 3.05) is 0 Å². The van der Waals surface area contributed by atoms with Gasteiger partial charge in [-0.3, -0.25) is 9.97 Å². The van der Waals surface area contributed by atoms with Gasteiger partial charge in [0.2, 0.25) is 0 Å². The largest absolute Gasteiger partial charge is 0.417 e. The van der Waals surface area contributed by atoms with E-state index in [4.69, 9.17) is 9.97 Å². The quantitative estimate of drug-likeness (QED) is 0.160. The van der Waals surface area contributed by atoms with E-state index in [0.717, 1.165) is 94.4 Å². The zero-order valence-corrected chi connectivity index (χ0v) is 36.2. The average molecular weight is 884 g/mol. The van der Waals surface area contributed by atoms with Crippen LogP contribution in [-0.2, 0) is 6.18 Å². The Morgan fingerprint density at radius 1 is 0.397 bits per heavy atom. The van der Waals surface area contributed by atoms with Gasteiger partial charge in [-0.25, -0.2) is 0 Å². The molecule has 68 heavy (non-hydrogen) atoms. The molecule has 322 valence electrons. The molecule has 0 fully saturated rings. The molecule has 0 unspecified atom stereocenters. The first-order chi connectivity index (χ1) is 33.4. The Morgan fingerprint density at radius 2 is 0.824 bits per heavy atom. The van der Waals surface area contributed by atoms with E-state index in [1.54, 1.807) is 36.7 Å². The fourth-order valence-electron chi connectivity index (χ4n) is 9.98. The second-order valence-corrected chi connectivity index (χ2v) is 16.7. The van der Waals surface area contributed by atoms with Crippen LogP contribution in [0.4, 0.5) is 13.2 Å². The summed E-state index contributed by atoms with van der Waals surface area (Å²) in [6, 6.07) is 67.7. The summed E-state index contributed by atoms with van der Waals surface area (Å²) in [5.41, 5.74) is 10.8. The standard InChI is InChI=1S/C60H36F3N5/c61-60(62,63)50-24-10-7-21-49(50)57-55(67-51-25-11-8-19-45(51)47-29-27-41(35-53(47)67)43-22-13-31-65-58(43)39-15-3-1-4-16-39)33-38(37-64)34-56(57)68-52-26-12-9-20-46(52)48-30-28-42(36-54(48)68)44-23-14-32-66-59(44)40-17-5-2-6-18-40/h1-36H. The number of halogens is 3. The number of alkyl halides is 3. The molecule has 0 saturated heterocycles. The van der Waals surface area contributed by atoms with Gasteiger partial charge in [-0.05, 0) is 71.3 Å². The maximum atomic E-state index is 15.6. The van der Waals surface area contributed by atoms with Crippen molar-refractivity contribution in [2.24, 2.45) is 0 Å². The van der Waals surface area contributed by atoms with Gasteiger partial charge in [-0.2, -0.15) is 18.4 Å². The van der Waals surface area contributed by atoms with Gasteiger partial charge in [-0.1, -0.05) is 152 Å². The first kappa shape index (κ1) is 40.4. The summed E-state index contributed by atoms with van der Waals surface area (Å²) in [6.07, 6.45) is -1.17. The summed E-state index contributed by atoms with van der Waals surface area (Å²) in [4.78, 5) is 9.64. The minimum absolute atomic E-state index is 0.0177. The number of hydrogen-bond donors (Lipinski definition) is 0. The highest BCUT2D eigenvalue weighted by molar-refractivity contribution is 6.13.